The Balaban J connectivity index is 2.31. The molecular formula is C14H20N2O5. The Kier molecular flexibility index (Phi) is 4.64. The number of ether oxygens (including phenoxy) is 1. The first-order chi connectivity index (χ1) is 9.95. The lowest BCUT2D eigenvalue weighted by atomic mass is 10.1. The lowest BCUT2D eigenvalue weighted by Gasteiger charge is -2.22. The topological polar surface area (TPSA) is 101 Å². The minimum Gasteiger partial charge on any atom is -0.478 e. The van der Waals surface area contributed by atoms with Gasteiger partial charge in [0.05, 0.1) is 37.1 Å². The number of carbonyl (C=O) groups excluding carboxylic acids is 1. The molecule has 21 heavy (non-hydrogen) atoms. The van der Waals surface area contributed by atoms with Crippen LogP contribution in [0.15, 0.2) is 6.07 Å². The molecule has 0 fully saturated rings. The van der Waals surface area contributed by atoms with E-state index in [-0.39, 0.29) is 36.6 Å². The predicted molar refractivity (Wildman–Crippen MR) is 74.2 cm³/mol. The molecule has 0 spiro atoms. The van der Waals surface area contributed by atoms with Crippen molar-refractivity contribution in [1.29, 1.82) is 0 Å². The molecule has 3 N–H and O–H groups in total. The lowest BCUT2D eigenvalue weighted by Crippen LogP contribution is -2.42. The predicted octanol–water partition coefficient (Wildman–Crippen LogP) is 0.463. The molecular weight excluding hydrogens is 276 g/mol. The highest BCUT2D eigenvalue weighted by Gasteiger charge is 2.27. The second-order valence-electron chi connectivity index (χ2n) is 5.41. The number of rotatable bonds is 5. The van der Waals surface area contributed by atoms with E-state index in [1.807, 2.05) is 13.8 Å². The van der Waals surface area contributed by atoms with E-state index in [9.17, 15) is 19.8 Å². The van der Waals surface area contributed by atoms with Gasteiger partial charge in [0.25, 0.3) is 5.91 Å². The number of nitrogens with zero attached hydrogens (tertiary/aromatic N) is 1. The standard InChI is InChI=1S/C14H20N2O5/c1-8(2)10(6-17)15-13(18)11-5-9(14(19)20)12-7-21-4-3-16(11)12/h5,8,10,17H,3-4,6-7H2,1-2H3,(H,15,18)(H,19,20)/t10-/m1/s1. The summed E-state index contributed by atoms with van der Waals surface area (Å²) in [5.74, 6) is -1.37. The van der Waals surface area contributed by atoms with Gasteiger partial charge in [-0.2, -0.15) is 0 Å². The van der Waals surface area contributed by atoms with Crippen LogP contribution in [0.1, 0.15) is 40.4 Å². The molecule has 2 heterocycles. The number of hydrogen-bond donors (Lipinski definition) is 3. The van der Waals surface area contributed by atoms with Crippen LogP contribution in [0.25, 0.3) is 0 Å². The minimum atomic E-state index is -1.08. The highest BCUT2D eigenvalue weighted by Crippen LogP contribution is 2.21. The van der Waals surface area contributed by atoms with Crippen LogP contribution >= 0.6 is 0 Å². The maximum absolute atomic E-state index is 12.3. The number of aromatic carboxylic acids is 1. The van der Waals surface area contributed by atoms with Gasteiger partial charge in [-0.15, -0.1) is 0 Å². The third kappa shape index (κ3) is 3.08. The summed E-state index contributed by atoms with van der Waals surface area (Å²) in [5.41, 5.74) is 0.888. The summed E-state index contributed by atoms with van der Waals surface area (Å²) < 4.78 is 6.94. The molecule has 7 nitrogen and oxygen atoms in total. The van der Waals surface area contributed by atoms with Crippen molar-refractivity contribution in [3.63, 3.8) is 0 Å². The number of hydrogen-bond acceptors (Lipinski definition) is 4. The minimum absolute atomic E-state index is 0.0806. The van der Waals surface area contributed by atoms with Crippen LogP contribution in [0.4, 0.5) is 0 Å². The molecule has 0 bridgehead atoms. The van der Waals surface area contributed by atoms with Crippen molar-refractivity contribution in [3.8, 4) is 0 Å². The first-order valence-electron chi connectivity index (χ1n) is 6.90. The lowest BCUT2D eigenvalue weighted by molar-refractivity contribution is 0.0655. The van der Waals surface area contributed by atoms with E-state index in [0.29, 0.717) is 24.5 Å². The number of nitrogens with one attached hydrogen (secondary N) is 1. The van der Waals surface area contributed by atoms with Crippen LogP contribution in [0.3, 0.4) is 0 Å². The van der Waals surface area contributed by atoms with Crippen molar-refractivity contribution in [1.82, 2.24) is 9.88 Å². The molecule has 0 radical (unpaired) electrons. The van der Waals surface area contributed by atoms with E-state index in [4.69, 9.17) is 4.74 Å². The van der Waals surface area contributed by atoms with Gasteiger partial charge in [0, 0.05) is 6.54 Å². The van der Waals surface area contributed by atoms with Crippen molar-refractivity contribution < 1.29 is 24.5 Å². The molecule has 0 aromatic carbocycles. The average Bonchev–Trinajstić information content (AvgIpc) is 2.84. The number of aliphatic hydroxyl groups excluding tert-OH is 1. The largest absolute Gasteiger partial charge is 0.478 e. The summed E-state index contributed by atoms with van der Waals surface area (Å²) in [6.45, 7) is 4.69. The molecule has 1 amide bonds. The maximum atomic E-state index is 12.3. The number of aliphatic hydroxyl groups is 1. The SMILES string of the molecule is CC(C)[C@@H](CO)NC(=O)c1cc(C(=O)O)c2n1CCOC2. The molecule has 116 valence electrons. The van der Waals surface area contributed by atoms with Gasteiger partial charge in [-0.25, -0.2) is 4.79 Å². The van der Waals surface area contributed by atoms with Gasteiger partial charge in [0.1, 0.15) is 5.69 Å². The number of aromatic nitrogens is 1. The molecule has 7 heteroatoms. The van der Waals surface area contributed by atoms with Crippen LogP contribution in [-0.2, 0) is 17.9 Å². The van der Waals surface area contributed by atoms with Crippen molar-refractivity contribution >= 4 is 11.9 Å². The Morgan fingerprint density at radius 1 is 1.48 bits per heavy atom. The van der Waals surface area contributed by atoms with Gasteiger partial charge >= 0.3 is 5.97 Å². The highest BCUT2D eigenvalue weighted by atomic mass is 16.5. The third-order valence-corrected chi connectivity index (χ3v) is 3.69. The molecule has 0 saturated heterocycles. The van der Waals surface area contributed by atoms with Crippen molar-refractivity contribution in [2.24, 2.45) is 5.92 Å². The van der Waals surface area contributed by atoms with Gasteiger partial charge in [-0.1, -0.05) is 13.8 Å². The van der Waals surface area contributed by atoms with Gasteiger partial charge in [0.15, 0.2) is 0 Å². The Bertz CT molecular complexity index is 550. The molecule has 1 aliphatic heterocycles. The average molecular weight is 296 g/mol. The normalized spacial score (nSPS) is 15.6. The second kappa shape index (κ2) is 6.28. The molecule has 0 unspecified atom stereocenters. The summed E-state index contributed by atoms with van der Waals surface area (Å²) in [7, 11) is 0. The summed E-state index contributed by atoms with van der Waals surface area (Å²) >= 11 is 0. The Hall–Kier alpha value is -1.86. The fourth-order valence-electron chi connectivity index (χ4n) is 2.36. The Morgan fingerprint density at radius 3 is 2.76 bits per heavy atom. The van der Waals surface area contributed by atoms with Crippen LogP contribution < -0.4 is 5.32 Å². The van der Waals surface area contributed by atoms with E-state index in [1.165, 1.54) is 6.07 Å². The summed E-state index contributed by atoms with van der Waals surface area (Å²) in [4.78, 5) is 23.6. The number of amides is 1. The number of carbonyl (C=O) groups is 2. The van der Waals surface area contributed by atoms with Gasteiger partial charge in [-0.05, 0) is 12.0 Å². The first kappa shape index (κ1) is 15.5. The van der Waals surface area contributed by atoms with Crippen molar-refractivity contribution in [3.05, 3.63) is 23.0 Å². The van der Waals surface area contributed by atoms with Crippen molar-refractivity contribution in [2.45, 2.75) is 33.0 Å². The third-order valence-electron chi connectivity index (χ3n) is 3.69. The monoisotopic (exact) mass is 296 g/mol. The second-order valence-corrected chi connectivity index (χ2v) is 5.41. The van der Waals surface area contributed by atoms with Gasteiger partial charge in [0.2, 0.25) is 0 Å². The molecule has 2 rings (SSSR count). The van der Waals surface area contributed by atoms with E-state index in [0.717, 1.165) is 0 Å². The van der Waals surface area contributed by atoms with Crippen molar-refractivity contribution in [2.75, 3.05) is 13.2 Å². The fraction of sp³-hybridized carbons (Fsp3) is 0.571. The maximum Gasteiger partial charge on any atom is 0.337 e. The van der Waals surface area contributed by atoms with E-state index in [1.54, 1.807) is 4.57 Å². The number of carboxylic acids is 1. The van der Waals surface area contributed by atoms with Gasteiger partial charge in [-0.3, -0.25) is 4.79 Å². The van der Waals surface area contributed by atoms with E-state index >= 15 is 0 Å². The number of fused-ring (bicyclic) bond motifs is 1. The summed E-state index contributed by atoms with van der Waals surface area (Å²) in [6.07, 6.45) is 0. The van der Waals surface area contributed by atoms with Crippen LogP contribution in [0.2, 0.25) is 0 Å². The quantitative estimate of drug-likeness (QED) is 0.733. The summed E-state index contributed by atoms with van der Waals surface area (Å²) in [5, 5.41) is 21.2. The molecule has 1 aromatic heterocycles. The number of carboxylic acid groups (broad SMARTS) is 1. The first-order valence-corrected chi connectivity index (χ1v) is 6.90. The molecule has 1 aromatic rings. The summed E-state index contributed by atoms with van der Waals surface area (Å²) in [6, 6.07) is 1.01. The zero-order valence-corrected chi connectivity index (χ0v) is 12.1. The van der Waals surface area contributed by atoms with Crippen LogP contribution in [0, 0.1) is 5.92 Å². The Morgan fingerprint density at radius 2 is 2.19 bits per heavy atom. The Labute approximate surface area is 122 Å². The zero-order valence-electron chi connectivity index (χ0n) is 12.1. The molecule has 1 atom stereocenters. The highest BCUT2D eigenvalue weighted by molar-refractivity contribution is 5.98. The van der Waals surface area contributed by atoms with Gasteiger partial charge < -0.3 is 24.8 Å². The van der Waals surface area contributed by atoms with E-state index in [2.05, 4.69) is 5.32 Å². The van der Waals surface area contributed by atoms with E-state index < -0.39 is 5.97 Å². The van der Waals surface area contributed by atoms with Crippen LogP contribution in [0.5, 0.6) is 0 Å². The fourth-order valence-corrected chi connectivity index (χ4v) is 2.36. The smallest absolute Gasteiger partial charge is 0.337 e. The van der Waals surface area contributed by atoms with Crippen LogP contribution in [-0.4, -0.2) is 45.9 Å². The molecule has 1 aliphatic rings. The zero-order chi connectivity index (χ0) is 15.6. The molecule has 0 saturated carbocycles. The molecule has 0 aliphatic carbocycles.